The van der Waals surface area contributed by atoms with Crippen molar-refractivity contribution in [3.8, 4) is 6.01 Å². The fourth-order valence-corrected chi connectivity index (χ4v) is 1.89. The summed E-state index contributed by atoms with van der Waals surface area (Å²) < 4.78 is 4.90. The van der Waals surface area contributed by atoms with Gasteiger partial charge in [-0.2, -0.15) is 15.0 Å². The quantitative estimate of drug-likeness (QED) is 0.836. The maximum Gasteiger partial charge on any atom is 0.321 e. The molecule has 0 amide bonds. The van der Waals surface area contributed by atoms with E-state index in [0.29, 0.717) is 5.16 Å². The topological polar surface area (TPSA) is 60.8 Å². The summed E-state index contributed by atoms with van der Waals surface area (Å²) >= 11 is 7.09. The number of nitrogens with zero attached hydrogens (tertiary/aromatic N) is 4. The first-order chi connectivity index (χ1) is 7.78. The fraction of sp³-hybridized carbons (Fsp3) is 0.111. The molecule has 0 unspecified atom stereocenters. The van der Waals surface area contributed by atoms with Gasteiger partial charge in [0.25, 0.3) is 0 Å². The number of rotatable bonds is 3. The Morgan fingerprint density at radius 2 is 1.94 bits per heavy atom. The lowest BCUT2D eigenvalue weighted by Gasteiger charge is -2.01. The predicted molar refractivity (Wildman–Crippen MR) is 59.7 cm³/mol. The SMILES string of the molecule is COc1nc(Cl)nc(Sc2ccncc2)n1. The smallest absolute Gasteiger partial charge is 0.321 e. The zero-order chi connectivity index (χ0) is 11.4. The second-order valence-corrected chi connectivity index (χ2v) is 4.04. The van der Waals surface area contributed by atoms with E-state index in [9.17, 15) is 0 Å². The molecule has 0 saturated carbocycles. The standard InChI is InChI=1S/C9H7ClN4OS/c1-15-8-12-7(10)13-9(14-8)16-6-2-4-11-5-3-6/h2-5H,1H3. The highest BCUT2D eigenvalue weighted by atomic mass is 35.5. The second kappa shape index (κ2) is 5.09. The molecule has 2 aromatic rings. The second-order valence-electron chi connectivity index (χ2n) is 2.66. The van der Waals surface area contributed by atoms with Gasteiger partial charge in [-0.25, -0.2) is 0 Å². The molecule has 0 N–H and O–H groups in total. The van der Waals surface area contributed by atoms with Gasteiger partial charge in [-0.1, -0.05) is 0 Å². The van der Waals surface area contributed by atoms with Gasteiger partial charge in [-0.3, -0.25) is 4.98 Å². The average Bonchev–Trinajstić information content (AvgIpc) is 2.29. The van der Waals surface area contributed by atoms with Gasteiger partial charge in [-0.15, -0.1) is 0 Å². The molecule has 2 heterocycles. The molecule has 5 nitrogen and oxygen atoms in total. The molecular formula is C9H7ClN4OS. The molecule has 7 heteroatoms. The third kappa shape index (κ3) is 2.80. The van der Waals surface area contributed by atoms with Crippen molar-refractivity contribution in [3.05, 3.63) is 29.8 Å². The van der Waals surface area contributed by atoms with Crippen LogP contribution in [0.5, 0.6) is 6.01 Å². The highest BCUT2D eigenvalue weighted by Crippen LogP contribution is 2.25. The largest absolute Gasteiger partial charge is 0.467 e. The van der Waals surface area contributed by atoms with Gasteiger partial charge in [0.1, 0.15) is 0 Å². The lowest BCUT2D eigenvalue weighted by Crippen LogP contribution is -1.96. The van der Waals surface area contributed by atoms with Crippen molar-refractivity contribution in [2.45, 2.75) is 10.1 Å². The normalized spacial score (nSPS) is 10.1. The molecule has 0 bridgehead atoms. The van der Waals surface area contributed by atoms with Crippen LogP contribution in [-0.4, -0.2) is 27.0 Å². The van der Waals surface area contributed by atoms with Crippen LogP contribution in [0.15, 0.2) is 34.6 Å². The number of aromatic nitrogens is 4. The number of pyridine rings is 1. The molecule has 0 radical (unpaired) electrons. The fourth-order valence-electron chi connectivity index (χ4n) is 0.963. The summed E-state index contributed by atoms with van der Waals surface area (Å²) in [5, 5.41) is 0.603. The van der Waals surface area contributed by atoms with Crippen LogP contribution in [0.4, 0.5) is 0 Å². The van der Waals surface area contributed by atoms with Crippen LogP contribution < -0.4 is 4.74 Å². The minimum absolute atomic E-state index is 0.114. The monoisotopic (exact) mass is 254 g/mol. The Labute approximate surface area is 101 Å². The van der Waals surface area contributed by atoms with E-state index in [1.807, 2.05) is 12.1 Å². The van der Waals surface area contributed by atoms with E-state index in [-0.39, 0.29) is 11.3 Å². The summed E-state index contributed by atoms with van der Waals surface area (Å²) in [5.74, 6) is 0. The molecule has 0 saturated heterocycles. The van der Waals surface area contributed by atoms with E-state index in [1.54, 1.807) is 12.4 Å². The van der Waals surface area contributed by atoms with Gasteiger partial charge in [0.05, 0.1) is 7.11 Å². The summed E-state index contributed by atoms with van der Waals surface area (Å²) in [7, 11) is 1.48. The maximum absolute atomic E-state index is 5.73. The summed E-state index contributed by atoms with van der Waals surface area (Å²) in [4.78, 5) is 16.7. The maximum atomic E-state index is 5.73. The molecule has 0 spiro atoms. The van der Waals surface area contributed by atoms with Gasteiger partial charge in [0.15, 0.2) is 5.16 Å². The Morgan fingerprint density at radius 3 is 2.62 bits per heavy atom. The third-order valence-electron chi connectivity index (χ3n) is 1.61. The molecule has 16 heavy (non-hydrogen) atoms. The van der Waals surface area contributed by atoms with E-state index in [4.69, 9.17) is 16.3 Å². The molecule has 2 rings (SSSR count). The summed E-state index contributed by atoms with van der Waals surface area (Å²) in [5.41, 5.74) is 0. The summed E-state index contributed by atoms with van der Waals surface area (Å²) in [6, 6.07) is 3.92. The molecule has 82 valence electrons. The van der Waals surface area contributed by atoms with Crippen LogP contribution in [0.2, 0.25) is 5.28 Å². The van der Waals surface area contributed by atoms with Gasteiger partial charge < -0.3 is 4.74 Å². The molecule has 0 aromatic carbocycles. The number of methoxy groups -OCH3 is 1. The first-order valence-corrected chi connectivity index (χ1v) is 5.51. The van der Waals surface area contributed by atoms with Crippen LogP contribution in [0.1, 0.15) is 0 Å². The van der Waals surface area contributed by atoms with Crippen molar-refractivity contribution in [3.63, 3.8) is 0 Å². The van der Waals surface area contributed by atoms with E-state index >= 15 is 0 Å². The van der Waals surface area contributed by atoms with Gasteiger partial charge in [0.2, 0.25) is 5.28 Å². The molecule has 2 aromatic heterocycles. The Morgan fingerprint density at radius 1 is 1.19 bits per heavy atom. The van der Waals surface area contributed by atoms with Crippen molar-refractivity contribution in [1.82, 2.24) is 19.9 Å². The highest BCUT2D eigenvalue weighted by Gasteiger charge is 2.06. The van der Waals surface area contributed by atoms with Crippen LogP contribution >= 0.6 is 23.4 Å². The van der Waals surface area contributed by atoms with Gasteiger partial charge >= 0.3 is 6.01 Å². The van der Waals surface area contributed by atoms with Crippen molar-refractivity contribution in [2.24, 2.45) is 0 Å². The summed E-state index contributed by atoms with van der Waals surface area (Å²) in [6.45, 7) is 0. The number of hydrogen-bond donors (Lipinski definition) is 0. The minimum Gasteiger partial charge on any atom is -0.467 e. The molecule has 0 aliphatic carbocycles. The average molecular weight is 255 g/mol. The Bertz CT molecular complexity index is 482. The van der Waals surface area contributed by atoms with E-state index < -0.39 is 0 Å². The van der Waals surface area contributed by atoms with Crippen molar-refractivity contribution in [2.75, 3.05) is 7.11 Å². The molecule has 0 aliphatic heterocycles. The highest BCUT2D eigenvalue weighted by molar-refractivity contribution is 7.99. The van der Waals surface area contributed by atoms with E-state index in [2.05, 4.69) is 19.9 Å². The minimum atomic E-state index is 0.114. The number of halogens is 1. The van der Waals surface area contributed by atoms with Gasteiger partial charge in [-0.05, 0) is 35.5 Å². The lowest BCUT2D eigenvalue weighted by molar-refractivity contribution is 0.373. The molecule has 0 atom stereocenters. The number of ether oxygens (including phenoxy) is 1. The van der Waals surface area contributed by atoms with Gasteiger partial charge in [0, 0.05) is 17.3 Å². The van der Waals surface area contributed by atoms with Crippen LogP contribution in [0.3, 0.4) is 0 Å². The van der Waals surface area contributed by atoms with E-state index in [0.717, 1.165) is 4.90 Å². The third-order valence-corrected chi connectivity index (χ3v) is 2.65. The van der Waals surface area contributed by atoms with Crippen molar-refractivity contribution in [1.29, 1.82) is 0 Å². The van der Waals surface area contributed by atoms with Crippen molar-refractivity contribution >= 4 is 23.4 Å². The van der Waals surface area contributed by atoms with Crippen molar-refractivity contribution < 1.29 is 4.74 Å². The van der Waals surface area contributed by atoms with Crippen LogP contribution in [-0.2, 0) is 0 Å². The molecule has 0 aliphatic rings. The first-order valence-electron chi connectivity index (χ1n) is 4.31. The molecule has 0 fully saturated rings. The van der Waals surface area contributed by atoms with Crippen LogP contribution in [0, 0.1) is 0 Å². The zero-order valence-corrected chi connectivity index (χ0v) is 9.87. The zero-order valence-electron chi connectivity index (χ0n) is 8.29. The lowest BCUT2D eigenvalue weighted by atomic mass is 10.5. The van der Waals surface area contributed by atoms with E-state index in [1.165, 1.54) is 18.9 Å². The molecular weight excluding hydrogens is 248 g/mol. The predicted octanol–water partition coefficient (Wildman–Crippen LogP) is 2.08. The number of hydrogen-bond acceptors (Lipinski definition) is 6. The Balaban J connectivity index is 2.24. The first kappa shape index (κ1) is 11.1. The summed E-state index contributed by atoms with van der Waals surface area (Å²) in [6.07, 6.45) is 3.39. The van der Waals surface area contributed by atoms with Crippen LogP contribution in [0.25, 0.3) is 0 Å². The Hall–Kier alpha value is -1.40. The Kier molecular flexibility index (Phi) is 3.53.